The van der Waals surface area contributed by atoms with Crippen LogP contribution >= 0.6 is 19.4 Å². The lowest BCUT2D eigenvalue weighted by Gasteiger charge is -2.14. The predicted octanol–water partition coefficient (Wildman–Crippen LogP) is 3.27. The number of rotatable bonds is 9. The molecule has 0 saturated heterocycles. The maximum absolute atomic E-state index is 11.8. The Bertz CT molecular complexity index is 1100. The van der Waals surface area contributed by atoms with E-state index in [2.05, 4.69) is 40.6 Å². The summed E-state index contributed by atoms with van der Waals surface area (Å²) in [6.45, 7) is 10.1. The van der Waals surface area contributed by atoms with Crippen LogP contribution in [0, 0.1) is 0 Å². The lowest BCUT2D eigenvalue weighted by molar-refractivity contribution is 0.284. The highest BCUT2D eigenvalue weighted by atomic mass is 32.2. The third kappa shape index (κ3) is 7.11. The molecule has 0 atom stereocenters. The molecule has 0 aliphatic carbocycles. The van der Waals surface area contributed by atoms with Crippen LogP contribution in [0.25, 0.3) is 11.0 Å². The average molecular weight is 485 g/mol. The van der Waals surface area contributed by atoms with E-state index in [1.807, 2.05) is 0 Å². The van der Waals surface area contributed by atoms with Gasteiger partial charge in [-0.3, -0.25) is 9.36 Å². The standard InChI is InChI=1S/C14H14N3O6PS.C6H15N/c1-22-8-3-2-4-9(13(8)23-7-24(19,20)21)25-10-5-15-12-11(10)16-6-17-14(12)18;1-4-7(5-2)6-3/h2-6,15H,7H2,1H3,(H,16,17,18)(H2,19,20,21);4-6H2,1-3H3. The summed E-state index contributed by atoms with van der Waals surface area (Å²) in [5, 5.41) is 0. The fourth-order valence-electron chi connectivity index (χ4n) is 2.82. The molecule has 176 valence electrons. The Morgan fingerprint density at radius 1 is 1.12 bits per heavy atom. The second kappa shape index (κ2) is 12.1. The molecule has 0 aliphatic rings. The molecule has 3 aromatic rings. The highest BCUT2D eigenvalue weighted by molar-refractivity contribution is 7.99. The van der Waals surface area contributed by atoms with Gasteiger partial charge in [0.2, 0.25) is 0 Å². The Labute approximate surface area is 190 Å². The normalized spacial score (nSPS) is 11.3. The third-order valence-electron chi connectivity index (χ3n) is 4.54. The first kappa shape index (κ1) is 26.0. The van der Waals surface area contributed by atoms with E-state index in [9.17, 15) is 9.36 Å². The maximum Gasteiger partial charge on any atom is 0.362 e. The molecule has 0 radical (unpaired) electrons. The molecule has 1 aromatic carbocycles. The fourth-order valence-corrected chi connectivity index (χ4v) is 4.12. The van der Waals surface area contributed by atoms with Crippen molar-refractivity contribution in [2.75, 3.05) is 33.1 Å². The zero-order chi connectivity index (χ0) is 23.7. The van der Waals surface area contributed by atoms with Gasteiger partial charge < -0.3 is 34.1 Å². The number of aromatic nitrogens is 3. The van der Waals surface area contributed by atoms with Crippen LogP contribution in [-0.4, -0.2) is 62.7 Å². The first-order valence-electron chi connectivity index (χ1n) is 10.0. The average Bonchev–Trinajstić information content (AvgIpc) is 3.18. The number of fused-ring (bicyclic) bond motifs is 1. The molecule has 3 rings (SSSR count). The van der Waals surface area contributed by atoms with E-state index in [1.54, 1.807) is 24.4 Å². The van der Waals surface area contributed by atoms with Crippen molar-refractivity contribution in [1.82, 2.24) is 19.9 Å². The van der Waals surface area contributed by atoms with E-state index in [0.717, 1.165) is 0 Å². The molecule has 0 amide bonds. The number of methoxy groups -OCH3 is 1. The summed E-state index contributed by atoms with van der Waals surface area (Å²) in [6, 6.07) is 5.06. The lowest BCUT2D eigenvalue weighted by atomic mass is 10.3. The van der Waals surface area contributed by atoms with Gasteiger partial charge in [0, 0.05) is 6.20 Å². The van der Waals surface area contributed by atoms with Gasteiger partial charge in [0.25, 0.3) is 5.56 Å². The zero-order valence-corrected chi connectivity index (χ0v) is 20.2. The number of hydrogen-bond donors (Lipinski definition) is 4. The minimum Gasteiger partial charge on any atom is -0.493 e. The second-order valence-electron chi connectivity index (χ2n) is 6.56. The van der Waals surface area contributed by atoms with E-state index in [-0.39, 0.29) is 11.3 Å². The number of H-pyrrole nitrogens is 2. The van der Waals surface area contributed by atoms with Crippen LogP contribution in [0.3, 0.4) is 0 Å². The molecule has 32 heavy (non-hydrogen) atoms. The molecular formula is C20H29N4O6PS. The largest absolute Gasteiger partial charge is 0.493 e. The smallest absolute Gasteiger partial charge is 0.362 e. The van der Waals surface area contributed by atoms with E-state index in [1.165, 1.54) is 44.8 Å². The van der Waals surface area contributed by atoms with Crippen molar-refractivity contribution in [2.24, 2.45) is 0 Å². The Morgan fingerprint density at radius 3 is 2.38 bits per heavy atom. The number of benzene rings is 1. The van der Waals surface area contributed by atoms with Crippen LogP contribution < -0.4 is 15.0 Å². The van der Waals surface area contributed by atoms with Crippen molar-refractivity contribution >= 4 is 30.4 Å². The van der Waals surface area contributed by atoms with E-state index >= 15 is 0 Å². The molecule has 0 fully saturated rings. The van der Waals surface area contributed by atoms with Crippen LogP contribution in [0.5, 0.6) is 11.5 Å². The van der Waals surface area contributed by atoms with Gasteiger partial charge in [-0.2, -0.15) is 0 Å². The molecule has 0 bridgehead atoms. The molecule has 2 heterocycles. The molecule has 2 aromatic heterocycles. The van der Waals surface area contributed by atoms with Gasteiger partial charge in [0.15, 0.2) is 17.8 Å². The molecule has 0 unspecified atom stereocenters. The summed E-state index contributed by atoms with van der Waals surface area (Å²) in [5.41, 5.74) is 0.531. The van der Waals surface area contributed by atoms with Crippen LogP contribution in [-0.2, 0) is 4.57 Å². The SMILES string of the molecule is CCN(CC)CC.COc1cccc(Sc2c[nH]c3c(=O)[nH]cnc23)c1OCP(=O)(O)O. The number of aromatic amines is 2. The van der Waals surface area contributed by atoms with E-state index < -0.39 is 13.9 Å². The van der Waals surface area contributed by atoms with Gasteiger partial charge in [0.1, 0.15) is 11.0 Å². The Hall–Kier alpha value is -2.30. The van der Waals surface area contributed by atoms with E-state index in [4.69, 9.17) is 19.3 Å². The van der Waals surface area contributed by atoms with Crippen molar-refractivity contribution in [3.05, 3.63) is 41.1 Å². The van der Waals surface area contributed by atoms with Gasteiger partial charge in [-0.1, -0.05) is 38.6 Å². The van der Waals surface area contributed by atoms with Crippen molar-refractivity contribution in [3.63, 3.8) is 0 Å². The van der Waals surface area contributed by atoms with Crippen molar-refractivity contribution in [1.29, 1.82) is 0 Å². The number of para-hydroxylation sites is 1. The van der Waals surface area contributed by atoms with Crippen LogP contribution in [0.4, 0.5) is 0 Å². The summed E-state index contributed by atoms with van der Waals surface area (Å²) in [5.74, 6) is 0.543. The Morgan fingerprint density at radius 2 is 1.81 bits per heavy atom. The summed E-state index contributed by atoms with van der Waals surface area (Å²) in [6.07, 6.45) is 2.16. The Kier molecular flexibility index (Phi) is 9.80. The summed E-state index contributed by atoms with van der Waals surface area (Å²) in [4.78, 5) is 42.9. The molecule has 10 nitrogen and oxygen atoms in total. The number of nitrogens with one attached hydrogen (secondary N) is 2. The van der Waals surface area contributed by atoms with Crippen LogP contribution in [0.1, 0.15) is 20.8 Å². The quantitative estimate of drug-likeness (QED) is 0.337. The summed E-state index contributed by atoms with van der Waals surface area (Å²) >= 11 is 1.23. The van der Waals surface area contributed by atoms with Gasteiger partial charge >= 0.3 is 7.60 Å². The molecule has 12 heteroatoms. The topological polar surface area (TPSA) is 141 Å². The van der Waals surface area contributed by atoms with Crippen molar-refractivity contribution in [3.8, 4) is 11.5 Å². The molecule has 0 aliphatic heterocycles. The van der Waals surface area contributed by atoms with Crippen molar-refractivity contribution in [2.45, 2.75) is 30.6 Å². The van der Waals surface area contributed by atoms with E-state index in [0.29, 0.717) is 26.6 Å². The first-order chi connectivity index (χ1) is 15.2. The predicted molar refractivity (Wildman–Crippen MR) is 125 cm³/mol. The fraction of sp³-hybridized carbons (Fsp3) is 0.400. The van der Waals surface area contributed by atoms with Gasteiger partial charge in [0.05, 0.1) is 23.2 Å². The van der Waals surface area contributed by atoms with Gasteiger partial charge in [-0.05, 0) is 31.8 Å². The van der Waals surface area contributed by atoms with Crippen molar-refractivity contribution < 1.29 is 23.8 Å². The highest BCUT2D eigenvalue weighted by Crippen LogP contribution is 2.44. The van der Waals surface area contributed by atoms with Gasteiger partial charge in [-0.15, -0.1) is 0 Å². The number of nitrogens with zero attached hydrogens (tertiary/aromatic N) is 2. The summed E-state index contributed by atoms with van der Waals surface area (Å²) < 4.78 is 21.6. The first-order valence-corrected chi connectivity index (χ1v) is 12.6. The number of hydrogen-bond acceptors (Lipinski definition) is 7. The number of ether oxygens (including phenoxy) is 2. The zero-order valence-electron chi connectivity index (χ0n) is 18.5. The van der Waals surface area contributed by atoms with Gasteiger partial charge in [-0.25, -0.2) is 4.98 Å². The molecule has 0 spiro atoms. The third-order valence-corrected chi connectivity index (χ3v) is 6.07. The highest BCUT2D eigenvalue weighted by Gasteiger charge is 2.20. The molecule has 0 saturated carbocycles. The second-order valence-corrected chi connectivity index (χ2v) is 9.23. The lowest BCUT2D eigenvalue weighted by Crippen LogP contribution is -2.21. The molecule has 4 N–H and O–H groups in total. The molecular weight excluding hydrogens is 455 g/mol. The Balaban J connectivity index is 0.000000451. The monoisotopic (exact) mass is 484 g/mol. The van der Waals surface area contributed by atoms with Crippen LogP contribution in [0.15, 0.2) is 45.3 Å². The summed E-state index contributed by atoms with van der Waals surface area (Å²) in [7, 11) is -2.92. The minimum atomic E-state index is -4.35. The van der Waals surface area contributed by atoms with Crippen LogP contribution in [0.2, 0.25) is 0 Å². The minimum absolute atomic E-state index is 0.206. The maximum atomic E-state index is 11.8.